The van der Waals surface area contributed by atoms with Crippen LogP contribution in [0.15, 0.2) is 114 Å². The summed E-state index contributed by atoms with van der Waals surface area (Å²) in [5.41, 5.74) is 11.4. The molecule has 0 aromatic heterocycles. The SMILES string of the molecule is Cc1ccc2c(c1)N1C3=C(C=CC(C)C3c3ccccc31)C21c2ccccc2Oc2ccccc21. The highest BCUT2D eigenvalue weighted by Gasteiger charge is 2.55. The zero-order chi connectivity index (χ0) is 23.3. The number of hydrogen-bond donors (Lipinski definition) is 0. The first-order valence-electron chi connectivity index (χ1n) is 12.5. The lowest BCUT2D eigenvalue weighted by Crippen LogP contribution is -2.42. The highest BCUT2D eigenvalue weighted by atomic mass is 16.5. The number of nitrogens with zero attached hydrogens (tertiary/aromatic N) is 1. The van der Waals surface area contributed by atoms with Crippen molar-refractivity contribution in [1.82, 2.24) is 0 Å². The Balaban J connectivity index is 1.60. The second-order valence-electron chi connectivity index (χ2n) is 10.3. The first-order valence-corrected chi connectivity index (χ1v) is 12.5. The molecule has 2 nitrogen and oxygen atoms in total. The summed E-state index contributed by atoms with van der Waals surface area (Å²) in [7, 11) is 0. The molecule has 35 heavy (non-hydrogen) atoms. The van der Waals surface area contributed by atoms with Crippen LogP contribution in [-0.4, -0.2) is 0 Å². The van der Waals surface area contributed by atoms with Gasteiger partial charge < -0.3 is 9.64 Å². The topological polar surface area (TPSA) is 12.5 Å². The zero-order valence-corrected chi connectivity index (χ0v) is 19.8. The van der Waals surface area contributed by atoms with Crippen LogP contribution in [-0.2, 0) is 5.41 Å². The molecule has 3 aliphatic heterocycles. The predicted octanol–water partition coefficient (Wildman–Crippen LogP) is 8.14. The maximum absolute atomic E-state index is 6.52. The summed E-state index contributed by atoms with van der Waals surface area (Å²) < 4.78 is 6.52. The van der Waals surface area contributed by atoms with Crippen molar-refractivity contribution < 1.29 is 4.74 Å². The van der Waals surface area contributed by atoms with E-state index in [-0.39, 0.29) is 0 Å². The van der Waals surface area contributed by atoms with Crippen molar-refractivity contribution in [2.75, 3.05) is 4.90 Å². The average molecular weight is 452 g/mol. The molecule has 1 spiro atoms. The first-order chi connectivity index (χ1) is 17.2. The van der Waals surface area contributed by atoms with Gasteiger partial charge in [0, 0.05) is 28.4 Å². The maximum Gasteiger partial charge on any atom is 0.132 e. The standard InChI is InChI=1S/C33H25NO/c1-20-15-17-23-28(19-20)34-27-12-6-3-9-22(27)31-21(2)16-18-26(32(31)34)33(23)24-10-4-7-13-29(24)35-30-14-8-5-11-25(30)33/h3-19,21,31H,1-2H3. The molecule has 168 valence electrons. The fraction of sp³-hybridized carbons (Fsp3) is 0.152. The molecule has 0 N–H and O–H groups in total. The van der Waals surface area contributed by atoms with Gasteiger partial charge in [-0.3, -0.25) is 0 Å². The van der Waals surface area contributed by atoms with Gasteiger partial charge in [0.1, 0.15) is 11.5 Å². The van der Waals surface area contributed by atoms with E-state index in [1.54, 1.807) is 0 Å². The molecule has 0 bridgehead atoms. The molecule has 0 radical (unpaired) electrons. The van der Waals surface area contributed by atoms with Crippen molar-refractivity contribution in [2.45, 2.75) is 25.2 Å². The van der Waals surface area contributed by atoms with Crippen LogP contribution >= 0.6 is 0 Å². The van der Waals surface area contributed by atoms with E-state index in [0.29, 0.717) is 11.8 Å². The van der Waals surface area contributed by atoms with E-state index in [4.69, 9.17) is 4.74 Å². The Labute approximate surface area is 205 Å². The van der Waals surface area contributed by atoms with E-state index in [2.05, 4.69) is 122 Å². The van der Waals surface area contributed by atoms with Gasteiger partial charge in [0.25, 0.3) is 0 Å². The van der Waals surface area contributed by atoms with Gasteiger partial charge in [0.2, 0.25) is 0 Å². The highest BCUT2D eigenvalue weighted by molar-refractivity contribution is 5.90. The summed E-state index contributed by atoms with van der Waals surface area (Å²) in [5, 5.41) is 0. The monoisotopic (exact) mass is 451 g/mol. The van der Waals surface area contributed by atoms with Crippen LogP contribution in [0.2, 0.25) is 0 Å². The Bertz CT molecular complexity index is 1580. The smallest absolute Gasteiger partial charge is 0.132 e. The lowest BCUT2D eigenvalue weighted by atomic mass is 9.58. The number of ether oxygens (including phenoxy) is 1. The summed E-state index contributed by atoms with van der Waals surface area (Å²) >= 11 is 0. The zero-order valence-electron chi connectivity index (χ0n) is 19.8. The minimum atomic E-state index is -0.433. The summed E-state index contributed by atoms with van der Waals surface area (Å²) in [6.45, 7) is 4.56. The summed E-state index contributed by atoms with van der Waals surface area (Å²) in [5.74, 6) is 2.64. The third-order valence-electron chi connectivity index (χ3n) is 8.42. The molecular weight excluding hydrogens is 426 g/mol. The molecule has 8 rings (SSSR count). The minimum absolute atomic E-state index is 0.332. The maximum atomic E-state index is 6.52. The van der Waals surface area contributed by atoms with E-state index in [1.165, 1.54) is 50.5 Å². The molecule has 2 unspecified atom stereocenters. The van der Waals surface area contributed by atoms with Crippen molar-refractivity contribution in [1.29, 1.82) is 0 Å². The van der Waals surface area contributed by atoms with Crippen LogP contribution in [0, 0.1) is 12.8 Å². The molecule has 3 heterocycles. The fourth-order valence-corrected chi connectivity index (χ4v) is 7.08. The largest absolute Gasteiger partial charge is 0.457 e. The van der Waals surface area contributed by atoms with E-state index in [0.717, 1.165) is 11.5 Å². The number of allylic oxidation sites excluding steroid dienone is 4. The number of para-hydroxylation sites is 3. The van der Waals surface area contributed by atoms with Crippen molar-refractivity contribution in [3.63, 3.8) is 0 Å². The van der Waals surface area contributed by atoms with Gasteiger partial charge in [-0.25, -0.2) is 0 Å². The summed E-state index contributed by atoms with van der Waals surface area (Å²) in [6, 6.07) is 33.2. The first kappa shape index (κ1) is 19.3. The average Bonchev–Trinajstić information content (AvgIpc) is 3.24. The van der Waals surface area contributed by atoms with Crippen LogP contribution in [0.4, 0.5) is 11.4 Å². The van der Waals surface area contributed by atoms with Gasteiger partial charge >= 0.3 is 0 Å². The fourth-order valence-electron chi connectivity index (χ4n) is 7.08. The van der Waals surface area contributed by atoms with Crippen molar-refractivity contribution >= 4 is 11.4 Å². The van der Waals surface area contributed by atoms with Crippen LogP contribution < -0.4 is 9.64 Å². The minimum Gasteiger partial charge on any atom is -0.457 e. The predicted molar refractivity (Wildman–Crippen MR) is 141 cm³/mol. The number of rotatable bonds is 0. The third-order valence-corrected chi connectivity index (χ3v) is 8.42. The number of benzene rings is 4. The Morgan fingerprint density at radius 3 is 2.20 bits per heavy atom. The normalized spacial score (nSPS) is 21.6. The van der Waals surface area contributed by atoms with Gasteiger partial charge in [-0.05, 0) is 59.4 Å². The van der Waals surface area contributed by atoms with Crippen LogP contribution in [0.5, 0.6) is 11.5 Å². The number of aryl methyl sites for hydroxylation is 1. The molecule has 0 amide bonds. The van der Waals surface area contributed by atoms with Crippen LogP contribution in [0.25, 0.3) is 0 Å². The van der Waals surface area contributed by atoms with E-state index < -0.39 is 5.41 Å². The Morgan fingerprint density at radius 1 is 0.743 bits per heavy atom. The quantitative estimate of drug-likeness (QED) is 0.267. The lowest BCUT2D eigenvalue weighted by molar-refractivity contribution is 0.430. The van der Waals surface area contributed by atoms with Gasteiger partial charge in [-0.2, -0.15) is 0 Å². The van der Waals surface area contributed by atoms with Gasteiger partial charge in [0.05, 0.1) is 11.1 Å². The third kappa shape index (κ3) is 2.21. The summed E-state index contributed by atoms with van der Waals surface area (Å²) in [4.78, 5) is 2.56. The highest BCUT2D eigenvalue weighted by Crippen LogP contribution is 2.66. The van der Waals surface area contributed by atoms with E-state index in [9.17, 15) is 0 Å². The summed E-state index contributed by atoms with van der Waals surface area (Å²) in [6.07, 6.45) is 4.84. The van der Waals surface area contributed by atoms with Gasteiger partial charge in [0.15, 0.2) is 0 Å². The molecule has 4 aromatic rings. The van der Waals surface area contributed by atoms with Crippen molar-refractivity contribution in [3.05, 3.63) is 142 Å². The molecule has 4 aliphatic rings. The second-order valence-corrected chi connectivity index (χ2v) is 10.3. The molecule has 0 saturated heterocycles. The lowest BCUT2D eigenvalue weighted by Gasteiger charge is -2.49. The van der Waals surface area contributed by atoms with Gasteiger partial charge in [-0.15, -0.1) is 0 Å². The number of anilines is 2. The van der Waals surface area contributed by atoms with E-state index >= 15 is 0 Å². The molecule has 2 heteroatoms. The molecule has 1 aliphatic carbocycles. The Morgan fingerprint density at radius 2 is 1.43 bits per heavy atom. The van der Waals surface area contributed by atoms with Gasteiger partial charge in [-0.1, -0.05) is 85.8 Å². The Hall–Kier alpha value is -4.04. The second kappa shape index (κ2) is 6.55. The molecule has 0 fully saturated rings. The van der Waals surface area contributed by atoms with Crippen LogP contribution in [0.1, 0.15) is 40.7 Å². The molecule has 0 saturated carbocycles. The van der Waals surface area contributed by atoms with Crippen molar-refractivity contribution in [3.8, 4) is 11.5 Å². The number of hydrogen-bond acceptors (Lipinski definition) is 2. The Kier molecular flexibility index (Phi) is 3.61. The molecular formula is C33H25NO. The van der Waals surface area contributed by atoms with E-state index in [1.807, 2.05) is 0 Å². The molecule has 4 aromatic carbocycles. The molecule has 2 atom stereocenters. The number of fused-ring (bicyclic) bond motifs is 11. The van der Waals surface area contributed by atoms with Crippen molar-refractivity contribution in [2.24, 2.45) is 5.92 Å². The van der Waals surface area contributed by atoms with Crippen LogP contribution in [0.3, 0.4) is 0 Å².